The van der Waals surface area contributed by atoms with Crippen LogP contribution in [-0.2, 0) is 19.6 Å². The maximum atomic E-state index is 13.9. The van der Waals surface area contributed by atoms with E-state index in [1.54, 1.807) is 36.7 Å². The van der Waals surface area contributed by atoms with Crippen molar-refractivity contribution in [2.45, 2.75) is 69.2 Å². The molecular weight excluding hydrogens is 800 g/mol. The van der Waals surface area contributed by atoms with Crippen molar-refractivity contribution in [2.75, 3.05) is 49.6 Å². The number of fused-ring (bicyclic) bond motifs is 1. The van der Waals surface area contributed by atoms with Crippen molar-refractivity contribution in [3.63, 3.8) is 0 Å². The molecule has 1 unspecified atom stereocenters. The van der Waals surface area contributed by atoms with Crippen molar-refractivity contribution in [3.8, 4) is 11.5 Å². The van der Waals surface area contributed by atoms with Crippen LogP contribution < -0.4 is 19.7 Å². The summed E-state index contributed by atoms with van der Waals surface area (Å²) >= 11 is 6.24. The Morgan fingerprint density at radius 1 is 0.967 bits per heavy atom. The van der Waals surface area contributed by atoms with E-state index in [0.29, 0.717) is 34.8 Å². The van der Waals surface area contributed by atoms with Crippen LogP contribution in [0.25, 0.3) is 11.0 Å². The predicted octanol–water partition coefficient (Wildman–Crippen LogP) is 8.63. The molecule has 3 aliphatic heterocycles. The lowest BCUT2D eigenvalue weighted by atomic mass is 9.66. The van der Waals surface area contributed by atoms with Crippen molar-refractivity contribution in [3.05, 3.63) is 107 Å². The zero-order valence-electron chi connectivity index (χ0n) is 33.8. The number of aromatic nitrogens is 2. The number of nitrogens with zero attached hydrogens (tertiary/aromatic N) is 3. The highest BCUT2D eigenvalue weighted by Crippen LogP contribution is 2.59. The van der Waals surface area contributed by atoms with E-state index in [1.165, 1.54) is 6.07 Å². The van der Waals surface area contributed by atoms with Crippen molar-refractivity contribution in [2.24, 2.45) is 17.3 Å². The molecule has 3 aromatic carbocycles. The van der Waals surface area contributed by atoms with E-state index >= 15 is 0 Å². The summed E-state index contributed by atoms with van der Waals surface area (Å²) in [4.78, 5) is 39.6. The van der Waals surface area contributed by atoms with E-state index < -0.39 is 15.9 Å². The number of halogens is 1. The van der Waals surface area contributed by atoms with Crippen LogP contribution in [0, 0.1) is 24.2 Å². The first kappa shape index (κ1) is 40.3. The number of anilines is 2. The van der Waals surface area contributed by atoms with Gasteiger partial charge in [0.25, 0.3) is 15.9 Å². The molecule has 4 aliphatic rings. The van der Waals surface area contributed by atoms with Gasteiger partial charge in [0.1, 0.15) is 17.1 Å². The van der Waals surface area contributed by atoms with Crippen molar-refractivity contribution in [1.29, 1.82) is 0 Å². The van der Waals surface area contributed by atoms with Crippen LogP contribution in [0.3, 0.4) is 0 Å². The van der Waals surface area contributed by atoms with Gasteiger partial charge in [0, 0.05) is 73.4 Å². The molecule has 2 aromatic heterocycles. The predicted molar refractivity (Wildman–Crippen MR) is 232 cm³/mol. The summed E-state index contributed by atoms with van der Waals surface area (Å²) in [5.41, 5.74) is 4.11. The number of amides is 2. The molecule has 12 nitrogen and oxygen atoms in total. The number of hydrogen-bond donors (Lipinski definition) is 3. The minimum absolute atomic E-state index is 0.00754. The average molecular weight is 851 g/mol. The summed E-state index contributed by atoms with van der Waals surface area (Å²) in [6.07, 6.45) is 11.2. The molecule has 3 saturated heterocycles. The summed E-state index contributed by atoms with van der Waals surface area (Å²) in [6.45, 7) is 6.36. The molecule has 0 radical (unpaired) electrons. The van der Waals surface area contributed by atoms with Crippen LogP contribution in [0.15, 0.2) is 90.1 Å². The molecule has 14 heteroatoms. The lowest BCUT2D eigenvalue weighted by Crippen LogP contribution is -2.63. The number of likely N-dealkylation sites (tertiary alicyclic amines) is 1. The number of pyridine rings is 1. The first-order chi connectivity index (χ1) is 29.1. The van der Waals surface area contributed by atoms with Crippen LogP contribution >= 0.6 is 11.6 Å². The molecule has 1 saturated carbocycles. The fraction of sp³-hybridized carbons (Fsp3) is 0.413. The van der Waals surface area contributed by atoms with Crippen molar-refractivity contribution < 1.29 is 27.5 Å². The van der Waals surface area contributed by atoms with Gasteiger partial charge in [-0.15, -0.1) is 0 Å². The van der Waals surface area contributed by atoms with Gasteiger partial charge in [-0.3, -0.25) is 9.59 Å². The van der Waals surface area contributed by atoms with Crippen LogP contribution in [0.2, 0.25) is 5.02 Å². The third kappa shape index (κ3) is 8.06. The van der Waals surface area contributed by atoms with Crippen LogP contribution in [0.1, 0.15) is 78.9 Å². The lowest BCUT2D eigenvalue weighted by Gasteiger charge is -2.56. The number of aryl methyl sites for hydroxylation is 1. The zero-order chi connectivity index (χ0) is 41.4. The summed E-state index contributed by atoms with van der Waals surface area (Å²) < 4.78 is 41.5. The van der Waals surface area contributed by atoms with E-state index in [0.717, 1.165) is 112 Å². The van der Waals surface area contributed by atoms with E-state index in [-0.39, 0.29) is 33.6 Å². The molecule has 1 spiro atoms. The highest BCUT2D eigenvalue weighted by molar-refractivity contribution is 7.90. The number of β-lactam (4-membered cyclic amide) rings is 1. The first-order valence-electron chi connectivity index (χ1n) is 21.1. The highest BCUT2D eigenvalue weighted by atomic mass is 35.5. The van der Waals surface area contributed by atoms with Gasteiger partial charge in [-0.25, -0.2) is 18.1 Å². The lowest BCUT2D eigenvalue weighted by molar-refractivity contribution is -0.174. The molecule has 9 rings (SSSR count). The van der Waals surface area contributed by atoms with Crippen LogP contribution in [0.5, 0.6) is 11.5 Å². The van der Waals surface area contributed by atoms with Gasteiger partial charge in [-0.2, -0.15) is 0 Å². The van der Waals surface area contributed by atoms with Gasteiger partial charge in [0.05, 0.1) is 28.1 Å². The topological polar surface area (TPSA) is 146 Å². The molecule has 0 bridgehead atoms. The summed E-state index contributed by atoms with van der Waals surface area (Å²) in [5.74, 6) is 0.935. The highest BCUT2D eigenvalue weighted by Gasteiger charge is 2.61. The Hall–Kier alpha value is -5.11. The largest absolute Gasteiger partial charge is 0.455 e. The smallest absolute Gasteiger partial charge is 0.268 e. The Balaban J connectivity index is 0.902. The second-order valence-corrected chi connectivity index (χ2v) is 19.0. The summed E-state index contributed by atoms with van der Waals surface area (Å²) in [5, 5.41) is 4.98. The van der Waals surface area contributed by atoms with E-state index in [2.05, 4.69) is 41.9 Å². The Morgan fingerprint density at radius 3 is 2.48 bits per heavy atom. The molecule has 60 heavy (non-hydrogen) atoms. The van der Waals surface area contributed by atoms with Gasteiger partial charge in [0.15, 0.2) is 0 Å². The number of benzene rings is 3. The van der Waals surface area contributed by atoms with E-state index in [9.17, 15) is 18.0 Å². The number of ether oxygens (including phenoxy) is 2. The average Bonchev–Trinajstić information content (AvgIpc) is 3.96. The van der Waals surface area contributed by atoms with Crippen molar-refractivity contribution >= 4 is 55.8 Å². The number of sulfonamides is 1. The van der Waals surface area contributed by atoms with E-state index in [4.69, 9.17) is 21.1 Å². The Morgan fingerprint density at radius 2 is 1.73 bits per heavy atom. The molecule has 1 aliphatic carbocycles. The van der Waals surface area contributed by atoms with Gasteiger partial charge in [-0.1, -0.05) is 36.6 Å². The Kier molecular flexibility index (Phi) is 11.2. The third-order valence-electron chi connectivity index (χ3n) is 13.1. The molecule has 314 valence electrons. The maximum Gasteiger partial charge on any atom is 0.268 e. The Bertz CT molecular complexity index is 2490. The van der Waals surface area contributed by atoms with Gasteiger partial charge >= 0.3 is 0 Å². The molecule has 1 atom stereocenters. The SMILES string of the molecule is Cc1cc(S(=O)(=O)NC(=O)c2ccc(N3CCC(CN4C(=O)C5(CCCC5)C4c4ccc(Cl)cc4)CC3)cc2Oc2cnc3[nH]ccc3c2)ccc1NCC1CCOCC1. The van der Waals surface area contributed by atoms with Gasteiger partial charge in [0.2, 0.25) is 5.91 Å². The number of hydrogen-bond acceptors (Lipinski definition) is 9. The quantitative estimate of drug-likeness (QED) is 0.105. The Labute approximate surface area is 356 Å². The van der Waals surface area contributed by atoms with Crippen LogP contribution in [0.4, 0.5) is 11.4 Å². The molecule has 3 N–H and O–H groups in total. The number of carbonyl (C=O) groups excluding carboxylic acids is 2. The number of nitrogens with one attached hydrogen (secondary N) is 3. The number of rotatable bonds is 12. The maximum absolute atomic E-state index is 13.9. The fourth-order valence-electron chi connectivity index (χ4n) is 9.75. The molecule has 2 amide bonds. The fourth-order valence-corrected chi connectivity index (χ4v) is 10.9. The summed E-state index contributed by atoms with van der Waals surface area (Å²) in [6, 6.07) is 21.9. The molecular formula is C46H51ClN6O6S. The van der Waals surface area contributed by atoms with Gasteiger partial charge in [-0.05, 0) is 123 Å². The van der Waals surface area contributed by atoms with Crippen LogP contribution in [-0.4, -0.2) is 74.5 Å². The molecule has 5 heterocycles. The number of aromatic amines is 1. The second kappa shape index (κ2) is 16.7. The minimum Gasteiger partial charge on any atom is -0.455 e. The zero-order valence-corrected chi connectivity index (χ0v) is 35.4. The van der Waals surface area contributed by atoms with Gasteiger partial charge < -0.3 is 29.6 Å². The number of piperidine rings is 1. The second-order valence-electron chi connectivity index (χ2n) is 16.9. The normalized spacial score (nSPS) is 19.8. The third-order valence-corrected chi connectivity index (χ3v) is 14.7. The minimum atomic E-state index is -4.23. The summed E-state index contributed by atoms with van der Waals surface area (Å²) in [7, 11) is -4.23. The number of carbonyl (C=O) groups is 2. The standard InChI is InChI=1S/C46H51ClN6O6S/c1-30-24-38(9-11-40(30)49-27-31-15-22-58-23-16-31)60(56,57)51-44(54)39-10-8-36(26-41(39)59-37-25-34-12-19-48-43(34)50-28-37)52-20-13-32(14-21-52)29-53-42(33-4-6-35(47)7-5-33)46(45(53)55)17-2-3-18-46/h4-12,19,24-26,28,31-32,42,49H,2-3,13-18,20-23,27,29H2,1H3,(H,48,50)(H,51,54). The van der Waals surface area contributed by atoms with Crippen molar-refractivity contribution in [1.82, 2.24) is 19.6 Å². The van der Waals surface area contributed by atoms with E-state index in [1.807, 2.05) is 37.3 Å². The monoisotopic (exact) mass is 850 g/mol. The molecule has 5 aromatic rings. The first-order valence-corrected chi connectivity index (χ1v) is 23.0. The molecule has 4 fully saturated rings. The number of H-pyrrole nitrogens is 1.